The summed E-state index contributed by atoms with van der Waals surface area (Å²) in [5, 5.41) is 10.2. The molecule has 1 fully saturated rings. The molecule has 0 saturated heterocycles. The fourth-order valence-corrected chi connectivity index (χ4v) is 1.98. The number of ether oxygens (including phenoxy) is 2. The molecule has 0 heterocycles. The van der Waals surface area contributed by atoms with E-state index in [1.54, 1.807) is 0 Å². The highest BCUT2D eigenvalue weighted by molar-refractivity contribution is 5.29. The highest BCUT2D eigenvalue weighted by Crippen LogP contribution is 2.28. The summed E-state index contributed by atoms with van der Waals surface area (Å²) in [7, 11) is 0. The van der Waals surface area contributed by atoms with Gasteiger partial charge >= 0.3 is 0 Å². The summed E-state index contributed by atoms with van der Waals surface area (Å²) in [6, 6.07) is 7.69. The molecule has 18 heavy (non-hydrogen) atoms. The van der Waals surface area contributed by atoms with Crippen molar-refractivity contribution in [1.29, 1.82) is 0 Å². The first kappa shape index (κ1) is 13.4. The second-order valence-electron chi connectivity index (χ2n) is 4.73. The molecule has 2 unspecified atom stereocenters. The Morgan fingerprint density at radius 3 is 2.39 bits per heavy atom. The average molecular weight is 250 g/mol. The lowest BCUT2D eigenvalue weighted by atomic mass is 10.0. The van der Waals surface area contributed by atoms with Gasteiger partial charge in [-0.3, -0.25) is 0 Å². The molecule has 2 atom stereocenters. The average Bonchev–Trinajstić information content (AvgIpc) is 3.20. The van der Waals surface area contributed by atoms with Crippen molar-refractivity contribution in [2.75, 3.05) is 6.61 Å². The van der Waals surface area contributed by atoms with Crippen LogP contribution in [0, 0.1) is 0 Å². The summed E-state index contributed by atoms with van der Waals surface area (Å²) in [6.07, 6.45) is 2.83. The minimum atomic E-state index is -0.565. The van der Waals surface area contributed by atoms with Crippen LogP contribution in [0.1, 0.15) is 44.8 Å². The molecule has 1 aliphatic carbocycles. The van der Waals surface area contributed by atoms with Crippen LogP contribution in [0.3, 0.4) is 0 Å². The second kappa shape index (κ2) is 6.21. The van der Waals surface area contributed by atoms with Gasteiger partial charge in [-0.25, -0.2) is 0 Å². The van der Waals surface area contributed by atoms with Crippen molar-refractivity contribution in [3.8, 4) is 5.75 Å². The highest BCUT2D eigenvalue weighted by atomic mass is 16.5. The van der Waals surface area contributed by atoms with Crippen LogP contribution in [0.4, 0.5) is 0 Å². The minimum Gasteiger partial charge on any atom is -0.490 e. The van der Waals surface area contributed by atoms with Crippen LogP contribution in [-0.2, 0) is 4.74 Å². The Morgan fingerprint density at radius 2 is 1.89 bits per heavy atom. The molecule has 1 N–H and O–H groups in total. The number of aliphatic hydroxyl groups is 1. The molecule has 0 amide bonds. The zero-order chi connectivity index (χ0) is 13.0. The maximum atomic E-state index is 10.2. The third kappa shape index (κ3) is 3.47. The molecule has 3 nitrogen and oxygen atoms in total. The van der Waals surface area contributed by atoms with Crippen LogP contribution in [-0.4, -0.2) is 23.9 Å². The van der Waals surface area contributed by atoms with Gasteiger partial charge in [-0.15, -0.1) is 0 Å². The van der Waals surface area contributed by atoms with E-state index in [1.165, 1.54) is 0 Å². The summed E-state index contributed by atoms with van der Waals surface area (Å²) in [5.41, 5.74) is 0.887. The van der Waals surface area contributed by atoms with Gasteiger partial charge < -0.3 is 14.6 Å². The van der Waals surface area contributed by atoms with Crippen molar-refractivity contribution in [3.05, 3.63) is 29.8 Å². The predicted molar refractivity (Wildman–Crippen MR) is 70.8 cm³/mol. The van der Waals surface area contributed by atoms with Gasteiger partial charge in [0.15, 0.2) is 0 Å². The van der Waals surface area contributed by atoms with Gasteiger partial charge in [0.2, 0.25) is 0 Å². The van der Waals surface area contributed by atoms with Crippen LogP contribution in [0.2, 0.25) is 0 Å². The maximum Gasteiger partial charge on any atom is 0.119 e. The lowest BCUT2D eigenvalue weighted by molar-refractivity contribution is -0.0356. The Hall–Kier alpha value is -1.06. The Kier molecular flexibility index (Phi) is 4.61. The van der Waals surface area contributed by atoms with Crippen molar-refractivity contribution in [1.82, 2.24) is 0 Å². The fourth-order valence-electron chi connectivity index (χ4n) is 1.98. The first-order chi connectivity index (χ1) is 8.74. The Morgan fingerprint density at radius 1 is 1.22 bits per heavy atom. The monoisotopic (exact) mass is 250 g/mol. The molecule has 1 saturated carbocycles. The zero-order valence-electron chi connectivity index (χ0n) is 11.1. The van der Waals surface area contributed by atoms with E-state index in [1.807, 2.05) is 38.1 Å². The quantitative estimate of drug-likeness (QED) is 0.808. The maximum absolute atomic E-state index is 10.2. The lowest BCUT2D eigenvalue weighted by Gasteiger charge is -2.22. The van der Waals surface area contributed by atoms with Gasteiger partial charge in [0.1, 0.15) is 11.9 Å². The van der Waals surface area contributed by atoms with E-state index < -0.39 is 6.10 Å². The third-order valence-corrected chi connectivity index (χ3v) is 3.18. The van der Waals surface area contributed by atoms with Gasteiger partial charge in [0.25, 0.3) is 0 Å². The first-order valence-electron chi connectivity index (χ1n) is 6.80. The molecular formula is C15H22O3. The van der Waals surface area contributed by atoms with E-state index in [0.717, 1.165) is 30.6 Å². The van der Waals surface area contributed by atoms with Crippen LogP contribution < -0.4 is 4.74 Å². The fraction of sp³-hybridized carbons (Fsp3) is 0.600. The number of hydrogen-bond acceptors (Lipinski definition) is 3. The van der Waals surface area contributed by atoms with Crippen molar-refractivity contribution < 1.29 is 14.6 Å². The standard InChI is InChI=1S/C15H22O3/c1-3-14(17-4-2)15(16)11-5-7-12(8-6-11)18-13-9-10-13/h5-8,13-16H,3-4,9-10H2,1-2H3. The Bertz CT molecular complexity index is 357. The minimum absolute atomic E-state index is 0.134. The molecule has 2 rings (SSSR count). The Labute approximate surface area is 109 Å². The van der Waals surface area contributed by atoms with Crippen molar-refractivity contribution in [2.45, 2.75) is 51.4 Å². The number of benzene rings is 1. The van der Waals surface area contributed by atoms with Crippen LogP contribution in [0.15, 0.2) is 24.3 Å². The van der Waals surface area contributed by atoms with Crippen molar-refractivity contribution in [3.63, 3.8) is 0 Å². The summed E-state index contributed by atoms with van der Waals surface area (Å²) < 4.78 is 11.2. The summed E-state index contributed by atoms with van der Waals surface area (Å²) in [5.74, 6) is 0.887. The zero-order valence-corrected chi connectivity index (χ0v) is 11.1. The summed E-state index contributed by atoms with van der Waals surface area (Å²) >= 11 is 0. The van der Waals surface area contributed by atoms with Crippen LogP contribution in [0.5, 0.6) is 5.75 Å². The normalized spacial score (nSPS) is 18.4. The Balaban J connectivity index is 1.97. The molecule has 0 aromatic heterocycles. The third-order valence-electron chi connectivity index (χ3n) is 3.18. The van der Waals surface area contributed by atoms with Gasteiger partial charge in [0.05, 0.1) is 12.2 Å². The molecule has 0 aliphatic heterocycles. The van der Waals surface area contributed by atoms with Gasteiger partial charge in [-0.2, -0.15) is 0 Å². The molecule has 1 aliphatic rings. The molecule has 0 spiro atoms. The van der Waals surface area contributed by atoms with Gasteiger partial charge in [-0.05, 0) is 43.9 Å². The van der Waals surface area contributed by atoms with Crippen molar-refractivity contribution in [2.24, 2.45) is 0 Å². The number of aliphatic hydroxyl groups excluding tert-OH is 1. The van der Waals surface area contributed by atoms with E-state index in [4.69, 9.17) is 9.47 Å². The van der Waals surface area contributed by atoms with E-state index in [0.29, 0.717) is 12.7 Å². The molecule has 1 aromatic rings. The van der Waals surface area contributed by atoms with Crippen molar-refractivity contribution >= 4 is 0 Å². The lowest BCUT2D eigenvalue weighted by Crippen LogP contribution is -2.21. The molecule has 3 heteroatoms. The van der Waals surface area contributed by atoms with E-state index in [2.05, 4.69) is 0 Å². The summed E-state index contributed by atoms with van der Waals surface area (Å²) in [6.45, 7) is 4.59. The smallest absolute Gasteiger partial charge is 0.119 e. The van der Waals surface area contributed by atoms with E-state index in [9.17, 15) is 5.11 Å². The van der Waals surface area contributed by atoms with Crippen LogP contribution >= 0.6 is 0 Å². The molecule has 1 aromatic carbocycles. The van der Waals surface area contributed by atoms with Gasteiger partial charge in [-0.1, -0.05) is 19.1 Å². The topological polar surface area (TPSA) is 38.7 Å². The predicted octanol–water partition coefficient (Wildman–Crippen LogP) is 3.08. The molecule has 0 radical (unpaired) electrons. The summed E-state index contributed by atoms with van der Waals surface area (Å²) in [4.78, 5) is 0. The number of rotatable bonds is 7. The first-order valence-corrected chi connectivity index (χ1v) is 6.80. The molecular weight excluding hydrogens is 228 g/mol. The molecule has 100 valence electrons. The van der Waals surface area contributed by atoms with E-state index >= 15 is 0 Å². The van der Waals surface area contributed by atoms with E-state index in [-0.39, 0.29) is 6.10 Å². The SMILES string of the molecule is CCOC(CC)C(O)c1ccc(OC2CC2)cc1. The number of hydrogen-bond donors (Lipinski definition) is 1. The molecule has 0 bridgehead atoms. The highest BCUT2D eigenvalue weighted by Gasteiger charge is 2.24. The largest absolute Gasteiger partial charge is 0.490 e. The second-order valence-corrected chi connectivity index (χ2v) is 4.73. The van der Waals surface area contributed by atoms with Crippen LogP contribution in [0.25, 0.3) is 0 Å². The van der Waals surface area contributed by atoms with Gasteiger partial charge in [0, 0.05) is 6.61 Å².